The lowest BCUT2D eigenvalue weighted by Crippen LogP contribution is -2.34. The van der Waals surface area contributed by atoms with Crippen LogP contribution in [-0.4, -0.2) is 25.2 Å². The molecule has 3 heteroatoms. The first-order valence-electron chi connectivity index (χ1n) is 7.16. The monoisotopic (exact) mass is 268 g/mol. The van der Waals surface area contributed by atoms with Gasteiger partial charge in [0.25, 0.3) is 0 Å². The quantitative estimate of drug-likeness (QED) is 0.852. The van der Waals surface area contributed by atoms with Crippen molar-refractivity contribution >= 4 is 5.69 Å². The molecular formula is C17H20N2O. The minimum absolute atomic E-state index is 0.600. The smallest absolute Gasteiger partial charge is 0.118 e. The van der Waals surface area contributed by atoms with Gasteiger partial charge in [-0.15, -0.1) is 0 Å². The van der Waals surface area contributed by atoms with Gasteiger partial charge in [0.2, 0.25) is 0 Å². The zero-order valence-electron chi connectivity index (χ0n) is 11.8. The summed E-state index contributed by atoms with van der Waals surface area (Å²) >= 11 is 0. The number of hydrogen-bond acceptors (Lipinski definition) is 3. The van der Waals surface area contributed by atoms with Crippen molar-refractivity contribution in [2.45, 2.75) is 18.8 Å². The number of ether oxygens (including phenoxy) is 1. The third-order valence-corrected chi connectivity index (χ3v) is 4.04. The van der Waals surface area contributed by atoms with Crippen LogP contribution < -0.4 is 9.64 Å². The van der Waals surface area contributed by atoms with Crippen LogP contribution >= 0.6 is 0 Å². The van der Waals surface area contributed by atoms with E-state index in [0.717, 1.165) is 18.8 Å². The van der Waals surface area contributed by atoms with E-state index in [9.17, 15) is 0 Å². The fraction of sp³-hybridized carbons (Fsp3) is 0.353. The predicted octanol–water partition coefficient (Wildman–Crippen LogP) is 3.47. The molecule has 20 heavy (non-hydrogen) atoms. The summed E-state index contributed by atoms with van der Waals surface area (Å²) in [4.78, 5) is 6.55. The Morgan fingerprint density at radius 2 is 1.85 bits per heavy atom. The number of nitrogens with zero attached hydrogens (tertiary/aromatic N) is 2. The molecule has 2 heterocycles. The van der Waals surface area contributed by atoms with Gasteiger partial charge in [-0.2, -0.15) is 0 Å². The van der Waals surface area contributed by atoms with E-state index >= 15 is 0 Å². The average Bonchev–Trinajstić information content (AvgIpc) is 2.56. The topological polar surface area (TPSA) is 25.4 Å². The lowest BCUT2D eigenvalue weighted by Gasteiger charge is -2.34. The van der Waals surface area contributed by atoms with Crippen molar-refractivity contribution in [3.05, 3.63) is 54.4 Å². The van der Waals surface area contributed by atoms with Gasteiger partial charge in [0.15, 0.2) is 0 Å². The van der Waals surface area contributed by atoms with Gasteiger partial charge < -0.3 is 9.64 Å². The molecule has 1 aliphatic rings. The van der Waals surface area contributed by atoms with E-state index in [1.165, 1.54) is 24.1 Å². The zero-order chi connectivity index (χ0) is 13.8. The molecule has 0 radical (unpaired) electrons. The first kappa shape index (κ1) is 13.0. The molecule has 0 N–H and O–H groups in total. The highest BCUT2D eigenvalue weighted by Crippen LogP contribution is 2.30. The second-order valence-electron chi connectivity index (χ2n) is 5.26. The number of pyridine rings is 1. The van der Waals surface area contributed by atoms with Gasteiger partial charge in [0.05, 0.1) is 7.11 Å². The molecule has 0 spiro atoms. The molecule has 104 valence electrons. The molecule has 3 nitrogen and oxygen atoms in total. The van der Waals surface area contributed by atoms with Crippen LogP contribution in [0, 0.1) is 0 Å². The van der Waals surface area contributed by atoms with Gasteiger partial charge in [-0.25, -0.2) is 0 Å². The molecular weight excluding hydrogens is 248 g/mol. The molecule has 1 aliphatic heterocycles. The third-order valence-electron chi connectivity index (χ3n) is 4.04. The summed E-state index contributed by atoms with van der Waals surface area (Å²) in [7, 11) is 1.71. The number of hydrogen-bond donors (Lipinski definition) is 0. The molecule has 2 aromatic rings. The summed E-state index contributed by atoms with van der Waals surface area (Å²) in [6, 6.07) is 12.7. The fourth-order valence-corrected chi connectivity index (χ4v) is 2.91. The molecule has 1 fully saturated rings. The number of benzene rings is 1. The summed E-state index contributed by atoms with van der Waals surface area (Å²) in [5.74, 6) is 1.53. The van der Waals surface area contributed by atoms with Gasteiger partial charge in [-0.05, 0) is 42.7 Å². The van der Waals surface area contributed by atoms with Crippen molar-refractivity contribution in [1.82, 2.24) is 4.98 Å². The Kier molecular flexibility index (Phi) is 3.86. The minimum Gasteiger partial charge on any atom is -0.497 e. The van der Waals surface area contributed by atoms with Crippen LogP contribution in [0.4, 0.5) is 5.69 Å². The van der Waals surface area contributed by atoms with E-state index in [4.69, 9.17) is 4.74 Å². The van der Waals surface area contributed by atoms with Crippen LogP contribution in [0.3, 0.4) is 0 Å². The van der Waals surface area contributed by atoms with Gasteiger partial charge >= 0.3 is 0 Å². The molecule has 1 saturated heterocycles. The second-order valence-corrected chi connectivity index (χ2v) is 5.26. The summed E-state index contributed by atoms with van der Waals surface area (Å²) < 4.78 is 5.23. The molecule has 1 unspecified atom stereocenters. The molecule has 0 bridgehead atoms. The first-order chi connectivity index (χ1) is 9.86. The van der Waals surface area contributed by atoms with Gasteiger partial charge in [-0.1, -0.05) is 12.1 Å². The highest BCUT2D eigenvalue weighted by atomic mass is 16.5. The van der Waals surface area contributed by atoms with Crippen LogP contribution in [0.2, 0.25) is 0 Å². The largest absolute Gasteiger partial charge is 0.497 e. The van der Waals surface area contributed by atoms with Crippen LogP contribution in [-0.2, 0) is 0 Å². The van der Waals surface area contributed by atoms with Gasteiger partial charge in [0.1, 0.15) is 5.75 Å². The van der Waals surface area contributed by atoms with E-state index in [1.54, 1.807) is 7.11 Å². The first-order valence-corrected chi connectivity index (χ1v) is 7.16. The van der Waals surface area contributed by atoms with Crippen LogP contribution in [0.25, 0.3) is 0 Å². The average molecular weight is 268 g/mol. The van der Waals surface area contributed by atoms with E-state index in [0.29, 0.717) is 5.92 Å². The summed E-state index contributed by atoms with van der Waals surface area (Å²) in [5, 5.41) is 0. The molecule has 0 saturated carbocycles. The van der Waals surface area contributed by atoms with Crippen LogP contribution in [0.15, 0.2) is 48.8 Å². The van der Waals surface area contributed by atoms with Crippen molar-refractivity contribution in [1.29, 1.82) is 0 Å². The fourth-order valence-electron chi connectivity index (χ4n) is 2.91. The van der Waals surface area contributed by atoms with Gasteiger partial charge in [0, 0.05) is 37.1 Å². The van der Waals surface area contributed by atoms with E-state index in [2.05, 4.69) is 46.3 Å². The Morgan fingerprint density at radius 1 is 1.10 bits per heavy atom. The van der Waals surface area contributed by atoms with Crippen molar-refractivity contribution < 1.29 is 4.74 Å². The standard InChI is InChI=1S/C17H20N2O/c1-20-17-6-4-14(5-7-17)15-3-2-12-19(13-15)16-8-10-18-11-9-16/h4-11,15H,2-3,12-13H2,1H3. The minimum atomic E-state index is 0.600. The zero-order valence-corrected chi connectivity index (χ0v) is 11.8. The molecule has 0 aliphatic carbocycles. The number of rotatable bonds is 3. The number of methoxy groups -OCH3 is 1. The molecule has 1 aromatic carbocycles. The van der Waals surface area contributed by atoms with Crippen LogP contribution in [0.5, 0.6) is 5.75 Å². The van der Waals surface area contributed by atoms with Crippen molar-refractivity contribution in [3.8, 4) is 5.75 Å². The number of piperidine rings is 1. The second kappa shape index (κ2) is 5.95. The Labute approximate surface area is 120 Å². The van der Waals surface area contributed by atoms with E-state index in [-0.39, 0.29) is 0 Å². The highest BCUT2D eigenvalue weighted by Gasteiger charge is 2.21. The highest BCUT2D eigenvalue weighted by molar-refractivity contribution is 5.46. The lowest BCUT2D eigenvalue weighted by molar-refractivity contribution is 0.414. The van der Waals surface area contributed by atoms with E-state index in [1.807, 2.05) is 12.4 Å². The van der Waals surface area contributed by atoms with Crippen molar-refractivity contribution in [2.24, 2.45) is 0 Å². The molecule has 0 amide bonds. The number of aromatic nitrogens is 1. The summed E-state index contributed by atoms with van der Waals surface area (Å²) in [6.07, 6.45) is 6.23. The van der Waals surface area contributed by atoms with Gasteiger partial charge in [-0.3, -0.25) is 4.98 Å². The SMILES string of the molecule is COc1ccc(C2CCCN(c3ccncc3)C2)cc1. The molecule has 1 atom stereocenters. The predicted molar refractivity (Wildman–Crippen MR) is 81.4 cm³/mol. The summed E-state index contributed by atoms with van der Waals surface area (Å²) in [6.45, 7) is 2.22. The molecule has 1 aromatic heterocycles. The maximum atomic E-state index is 5.23. The Balaban J connectivity index is 1.74. The summed E-state index contributed by atoms with van der Waals surface area (Å²) in [5.41, 5.74) is 2.68. The maximum Gasteiger partial charge on any atom is 0.118 e. The van der Waals surface area contributed by atoms with E-state index < -0.39 is 0 Å². The Morgan fingerprint density at radius 3 is 2.55 bits per heavy atom. The lowest BCUT2D eigenvalue weighted by atomic mass is 9.90. The number of anilines is 1. The van der Waals surface area contributed by atoms with Crippen molar-refractivity contribution in [2.75, 3.05) is 25.1 Å². The molecule has 3 rings (SSSR count). The Bertz CT molecular complexity index is 539. The van der Waals surface area contributed by atoms with Crippen LogP contribution in [0.1, 0.15) is 24.3 Å². The maximum absolute atomic E-state index is 5.23. The Hall–Kier alpha value is -2.03. The normalized spacial score (nSPS) is 18.9. The van der Waals surface area contributed by atoms with Crippen molar-refractivity contribution in [3.63, 3.8) is 0 Å². The third kappa shape index (κ3) is 2.77.